The molecule has 7 nitrogen and oxygen atoms in total. The minimum Gasteiger partial charge on any atom is -0.369 e. The molecule has 0 radical (unpaired) electrons. The second-order valence-corrected chi connectivity index (χ2v) is 10.4. The molecule has 2 aliphatic heterocycles. The highest BCUT2D eigenvalue weighted by atomic mass is 32.2. The Morgan fingerprint density at radius 1 is 0.795 bits per heavy atom. The fraction of sp³-hybridized carbons (Fsp3) is 0.375. The van der Waals surface area contributed by atoms with Crippen LogP contribution in [0.25, 0.3) is 28.1 Å². The highest BCUT2D eigenvalue weighted by Gasteiger charge is 2.22. The van der Waals surface area contributed by atoms with Gasteiger partial charge in [0.15, 0.2) is 5.82 Å². The van der Waals surface area contributed by atoms with E-state index in [0.717, 1.165) is 69.0 Å². The first-order chi connectivity index (χ1) is 21.7. The lowest BCUT2D eigenvalue weighted by atomic mass is 10.0. The monoisotopic (exact) mass is 631 g/mol. The lowest BCUT2D eigenvalue weighted by Gasteiger charge is -2.29. The quantitative estimate of drug-likeness (QED) is 0.161. The van der Waals surface area contributed by atoms with Gasteiger partial charge in [-0.1, -0.05) is 13.8 Å². The standard InChI is InChI=1S/C28H29F2N7S.C2H6.2CH3F/c29-21-17-24(27(30)26(18-21)34-38-36-13-1-2-14-36)25-19-37(33-28(25)20-7-9-31-10-8-20)23-5-3-22(4-6-23)35-15-11-32-12-16-35;3*1-2/h3-10,17-19,32,34H,1-2,11-16H2;1-2H3;2*1H3. The van der Waals surface area contributed by atoms with Crippen molar-refractivity contribution in [2.24, 2.45) is 0 Å². The van der Waals surface area contributed by atoms with E-state index < -0.39 is 11.6 Å². The molecule has 2 aromatic heterocycles. The zero-order valence-electron chi connectivity index (χ0n) is 25.7. The molecule has 2 aliphatic rings. The molecule has 2 fully saturated rings. The van der Waals surface area contributed by atoms with Crippen molar-refractivity contribution in [1.82, 2.24) is 24.4 Å². The fourth-order valence-corrected chi connectivity index (χ4v) is 5.73. The molecule has 2 aromatic carbocycles. The third-order valence-corrected chi connectivity index (χ3v) is 7.88. The van der Waals surface area contributed by atoms with Crippen molar-refractivity contribution in [3.8, 4) is 28.1 Å². The Hall–Kier alpha value is -3.61. The second-order valence-electron chi connectivity index (χ2n) is 9.47. The molecule has 0 saturated carbocycles. The second kappa shape index (κ2) is 18.3. The molecule has 0 bridgehead atoms. The number of aromatic nitrogens is 3. The number of nitrogens with zero attached hydrogens (tertiary/aromatic N) is 5. The minimum absolute atomic E-state index is 0.116. The van der Waals surface area contributed by atoms with Gasteiger partial charge in [-0.25, -0.2) is 17.8 Å². The number of hydrogen-bond donors (Lipinski definition) is 2. The van der Waals surface area contributed by atoms with E-state index in [2.05, 4.69) is 36.4 Å². The highest BCUT2D eigenvalue weighted by Crippen LogP contribution is 2.37. The Bertz CT molecular complexity index is 1390. The van der Waals surface area contributed by atoms with Crippen LogP contribution in [-0.4, -0.2) is 72.7 Å². The van der Waals surface area contributed by atoms with Gasteiger partial charge < -0.3 is 14.9 Å². The number of piperazine rings is 1. The van der Waals surface area contributed by atoms with Crippen LogP contribution in [-0.2, 0) is 0 Å². The molecule has 4 aromatic rings. The molecular formula is C32H41F4N7S. The topological polar surface area (TPSA) is 61.2 Å². The summed E-state index contributed by atoms with van der Waals surface area (Å²) in [5.74, 6) is -1.03. The predicted molar refractivity (Wildman–Crippen MR) is 175 cm³/mol. The predicted octanol–water partition coefficient (Wildman–Crippen LogP) is 7.56. The van der Waals surface area contributed by atoms with Crippen LogP contribution in [0.1, 0.15) is 26.7 Å². The van der Waals surface area contributed by atoms with E-state index in [0.29, 0.717) is 25.6 Å². The zero-order valence-corrected chi connectivity index (χ0v) is 26.5. The van der Waals surface area contributed by atoms with Crippen molar-refractivity contribution in [3.05, 3.63) is 78.8 Å². The third-order valence-electron chi connectivity index (χ3n) is 6.94. The van der Waals surface area contributed by atoms with Crippen molar-refractivity contribution in [1.29, 1.82) is 0 Å². The van der Waals surface area contributed by atoms with Crippen LogP contribution < -0.4 is 14.9 Å². The Kier molecular flexibility index (Phi) is 14.5. The number of rotatable bonds is 7. The molecule has 238 valence electrons. The molecule has 0 aliphatic carbocycles. The number of halogens is 4. The van der Waals surface area contributed by atoms with Crippen molar-refractivity contribution < 1.29 is 17.6 Å². The Morgan fingerprint density at radius 2 is 1.41 bits per heavy atom. The summed E-state index contributed by atoms with van der Waals surface area (Å²) >= 11 is 1.32. The molecule has 44 heavy (non-hydrogen) atoms. The Labute approximate surface area is 261 Å². The van der Waals surface area contributed by atoms with Crippen LogP contribution >= 0.6 is 12.1 Å². The van der Waals surface area contributed by atoms with Gasteiger partial charge in [0.1, 0.15) is 11.5 Å². The summed E-state index contributed by atoms with van der Waals surface area (Å²) in [6.45, 7) is 9.70. The average molecular weight is 632 g/mol. The van der Waals surface area contributed by atoms with Crippen LogP contribution in [0.5, 0.6) is 0 Å². The largest absolute Gasteiger partial charge is 0.369 e. The van der Waals surface area contributed by atoms with E-state index in [1.807, 2.05) is 38.1 Å². The molecule has 12 heteroatoms. The van der Waals surface area contributed by atoms with Crippen molar-refractivity contribution in [2.45, 2.75) is 26.7 Å². The number of anilines is 2. The molecule has 2 saturated heterocycles. The smallest absolute Gasteiger partial charge is 0.155 e. The fourth-order valence-electron chi connectivity index (χ4n) is 4.92. The summed E-state index contributed by atoms with van der Waals surface area (Å²) in [5, 5.41) is 8.19. The molecular weight excluding hydrogens is 590 g/mol. The van der Waals surface area contributed by atoms with Gasteiger partial charge in [0.05, 0.1) is 25.7 Å². The van der Waals surface area contributed by atoms with Gasteiger partial charge in [0.25, 0.3) is 0 Å². The highest BCUT2D eigenvalue weighted by molar-refractivity contribution is 7.98. The number of alkyl halides is 2. The number of pyridine rings is 1. The summed E-state index contributed by atoms with van der Waals surface area (Å²) < 4.78 is 56.5. The van der Waals surface area contributed by atoms with Crippen LogP contribution in [0.15, 0.2) is 67.1 Å². The van der Waals surface area contributed by atoms with Gasteiger partial charge in [-0.3, -0.25) is 13.8 Å². The molecule has 6 rings (SSSR count). The van der Waals surface area contributed by atoms with Crippen LogP contribution in [0, 0.1) is 11.6 Å². The summed E-state index contributed by atoms with van der Waals surface area (Å²) in [7, 11) is 1.00. The number of benzene rings is 2. The first-order valence-corrected chi connectivity index (χ1v) is 15.4. The van der Waals surface area contributed by atoms with Gasteiger partial charge in [0, 0.05) is 98.4 Å². The van der Waals surface area contributed by atoms with E-state index >= 15 is 4.39 Å². The third kappa shape index (κ3) is 8.73. The SMILES string of the molecule is CC.CF.CF.Fc1cc(NSN2CCCC2)c(F)c(-c2cn(-c3ccc(N4CCNCC4)cc3)nc2-c2ccncc2)c1. The average Bonchev–Trinajstić information content (AvgIpc) is 3.80. The normalized spacial score (nSPS) is 14.4. The maximum atomic E-state index is 15.9. The van der Waals surface area contributed by atoms with Gasteiger partial charge in [0.2, 0.25) is 0 Å². The minimum atomic E-state index is -0.514. The Balaban J connectivity index is 0.000000832. The van der Waals surface area contributed by atoms with Crippen molar-refractivity contribution >= 4 is 23.5 Å². The number of hydrogen-bond acceptors (Lipinski definition) is 7. The van der Waals surface area contributed by atoms with E-state index in [9.17, 15) is 13.2 Å². The van der Waals surface area contributed by atoms with Crippen LogP contribution in [0.2, 0.25) is 0 Å². The molecule has 2 N–H and O–H groups in total. The van der Waals surface area contributed by atoms with E-state index in [1.165, 1.54) is 24.3 Å². The summed E-state index contributed by atoms with van der Waals surface area (Å²) in [5.41, 5.74) is 4.10. The maximum Gasteiger partial charge on any atom is 0.155 e. The summed E-state index contributed by atoms with van der Waals surface area (Å²) in [6, 6.07) is 14.3. The lowest BCUT2D eigenvalue weighted by Crippen LogP contribution is -2.43. The van der Waals surface area contributed by atoms with Gasteiger partial charge >= 0.3 is 0 Å². The summed E-state index contributed by atoms with van der Waals surface area (Å²) in [4.78, 5) is 6.45. The molecule has 0 spiro atoms. The number of nitrogens with one attached hydrogen (secondary N) is 2. The first kappa shape index (κ1) is 34.9. The molecule has 4 heterocycles. The first-order valence-electron chi connectivity index (χ1n) is 14.6. The van der Waals surface area contributed by atoms with E-state index in [-0.39, 0.29) is 11.3 Å². The zero-order chi connectivity index (χ0) is 31.9. The van der Waals surface area contributed by atoms with Crippen molar-refractivity contribution in [2.75, 3.05) is 63.2 Å². The van der Waals surface area contributed by atoms with Crippen molar-refractivity contribution in [3.63, 3.8) is 0 Å². The molecule has 0 amide bonds. The van der Waals surface area contributed by atoms with E-state index in [1.54, 1.807) is 23.3 Å². The van der Waals surface area contributed by atoms with Crippen LogP contribution in [0.4, 0.5) is 28.9 Å². The maximum absolute atomic E-state index is 15.9. The lowest BCUT2D eigenvalue weighted by molar-refractivity contribution is 0.587. The summed E-state index contributed by atoms with van der Waals surface area (Å²) in [6.07, 6.45) is 7.32. The van der Waals surface area contributed by atoms with Gasteiger partial charge in [-0.15, -0.1) is 0 Å². The van der Waals surface area contributed by atoms with E-state index in [4.69, 9.17) is 5.10 Å². The van der Waals surface area contributed by atoms with Crippen LogP contribution in [0.3, 0.4) is 0 Å². The molecule has 0 unspecified atom stereocenters. The van der Waals surface area contributed by atoms with Gasteiger partial charge in [-0.2, -0.15) is 5.10 Å². The van der Waals surface area contributed by atoms with Gasteiger partial charge in [-0.05, 0) is 55.3 Å². The Morgan fingerprint density at radius 3 is 2.05 bits per heavy atom. The molecule has 0 atom stereocenters.